The lowest BCUT2D eigenvalue weighted by molar-refractivity contribution is -0.141. The number of rotatable bonds is 15. The number of hydrogen-bond donors (Lipinski definition) is 5. The summed E-state index contributed by atoms with van der Waals surface area (Å²) in [5.74, 6) is -1.73. The minimum atomic E-state index is -4.22. The second-order valence-electron chi connectivity index (χ2n) is 17.6. The van der Waals surface area contributed by atoms with Crippen molar-refractivity contribution in [2.45, 2.75) is 99.7 Å². The number of ether oxygens (including phenoxy) is 4. The van der Waals surface area contributed by atoms with Crippen LogP contribution in [0.15, 0.2) is 144 Å². The van der Waals surface area contributed by atoms with Gasteiger partial charge in [0.1, 0.15) is 47.0 Å². The zero-order valence-corrected chi connectivity index (χ0v) is 39.8. The van der Waals surface area contributed by atoms with Crippen LogP contribution in [0.4, 0.5) is 9.59 Å². The highest BCUT2D eigenvalue weighted by atomic mass is 32.2. The number of benzene rings is 4. The summed E-state index contributed by atoms with van der Waals surface area (Å²) in [5.41, 5.74) is -2.12. The molecule has 4 aromatic carbocycles. The molecule has 0 heterocycles. The summed E-state index contributed by atoms with van der Waals surface area (Å²) in [6.07, 6.45) is 2.10. The largest absolute Gasteiger partial charge is 0.489 e. The molecule has 0 unspecified atom stereocenters. The van der Waals surface area contributed by atoms with Gasteiger partial charge in [0.15, 0.2) is 0 Å². The van der Waals surface area contributed by atoms with E-state index in [0.29, 0.717) is 24.5 Å². The van der Waals surface area contributed by atoms with Crippen molar-refractivity contribution in [3.05, 3.63) is 146 Å². The number of hydrogen-bond acceptors (Lipinski definition) is 12. The molecule has 3 amide bonds. The van der Waals surface area contributed by atoms with Gasteiger partial charge in [-0.1, -0.05) is 84.9 Å². The van der Waals surface area contributed by atoms with Crippen molar-refractivity contribution >= 4 is 44.1 Å². The monoisotopic (exact) mass is 962 g/mol. The fourth-order valence-corrected chi connectivity index (χ4v) is 7.87. The molecule has 2 fully saturated rings. The summed E-state index contributed by atoms with van der Waals surface area (Å²) in [7, 11) is -7.90. The van der Waals surface area contributed by atoms with Gasteiger partial charge in [-0.15, -0.1) is 13.2 Å². The van der Waals surface area contributed by atoms with Gasteiger partial charge >= 0.3 is 18.2 Å². The third-order valence-electron chi connectivity index (χ3n) is 9.81. The number of carboxylic acid groups (broad SMARTS) is 1. The summed E-state index contributed by atoms with van der Waals surface area (Å²) in [5, 5.41) is 19.0. The van der Waals surface area contributed by atoms with Gasteiger partial charge in [0.2, 0.25) is 10.0 Å². The van der Waals surface area contributed by atoms with Crippen molar-refractivity contribution in [3.63, 3.8) is 0 Å². The summed E-state index contributed by atoms with van der Waals surface area (Å²) in [6, 6.07) is 31.0. The molecule has 4 aromatic rings. The Kier molecular flexibility index (Phi) is 17.2. The van der Waals surface area contributed by atoms with E-state index in [1.165, 1.54) is 42.5 Å². The SMILES string of the molecule is C=C[C@@H]1C[C@]1(NC(=O)OC(C)(C)C)C(=O)NS(=O)(=O)c1cccc(OCc2ccccc2)c1.C=C[C@@H]1C[C@]1(NC(=O)OC(C)(C)C)C(=O)O.NS(=O)(=O)c1cccc(OCc2ccccc2)c1. The number of nitrogens with one attached hydrogen (secondary N) is 3. The van der Waals surface area contributed by atoms with E-state index in [2.05, 4.69) is 28.5 Å². The second kappa shape index (κ2) is 21.7. The summed E-state index contributed by atoms with van der Waals surface area (Å²) < 4.78 is 71.6. The van der Waals surface area contributed by atoms with Gasteiger partial charge < -0.3 is 34.7 Å². The topological polar surface area (TPSA) is 256 Å². The number of amides is 3. The van der Waals surface area contributed by atoms with Crippen LogP contribution in [0.3, 0.4) is 0 Å². The van der Waals surface area contributed by atoms with Crippen molar-refractivity contribution < 1.29 is 60.1 Å². The predicted octanol–water partition coefficient (Wildman–Crippen LogP) is 6.99. The van der Waals surface area contributed by atoms with Crippen molar-refractivity contribution in [2.24, 2.45) is 17.0 Å². The van der Waals surface area contributed by atoms with Crippen molar-refractivity contribution in [1.82, 2.24) is 15.4 Å². The highest BCUT2D eigenvalue weighted by Gasteiger charge is 2.62. The molecule has 6 N–H and O–H groups in total. The van der Waals surface area contributed by atoms with E-state index < -0.39 is 72.3 Å². The fourth-order valence-electron chi connectivity index (χ4n) is 6.25. The Morgan fingerprint density at radius 3 is 1.45 bits per heavy atom. The van der Waals surface area contributed by atoms with Crippen LogP contribution in [0.5, 0.6) is 11.5 Å². The van der Waals surface area contributed by atoms with E-state index in [0.717, 1.165) is 11.1 Å². The highest BCUT2D eigenvalue weighted by molar-refractivity contribution is 7.90. The second-order valence-corrected chi connectivity index (χ2v) is 20.8. The zero-order valence-electron chi connectivity index (χ0n) is 38.2. The van der Waals surface area contributed by atoms with Crippen LogP contribution in [-0.2, 0) is 52.3 Å². The van der Waals surface area contributed by atoms with E-state index in [1.807, 2.05) is 60.7 Å². The van der Waals surface area contributed by atoms with E-state index >= 15 is 0 Å². The molecule has 19 heteroatoms. The summed E-state index contributed by atoms with van der Waals surface area (Å²) in [4.78, 5) is 47.6. The summed E-state index contributed by atoms with van der Waals surface area (Å²) >= 11 is 0. The molecule has 17 nitrogen and oxygen atoms in total. The third-order valence-corrected chi connectivity index (χ3v) is 12.0. The van der Waals surface area contributed by atoms with Gasteiger partial charge in [-0.25, -0.2) is 41.1 Å². The molecule has 0 radical (unpaired) electrons. The molecule has 0 bridgehead atoms. The average Bonchev–Trinajstić information content (AvgIpc) is 4.16. The highest BCUT2D eigenvalue weighted by Crippen LogP contribution is 2.46. The predicted molar refractivity (Wildman–Crippen MR) is 250 cm³/mol. The number of carboxylic acids is 1. The molecule has 0 spiro atoms. The van der Waals surface area contributed by atoms with E-state index in [1.54, 1.807) is 59.7 Å². The van der Waals surface area contributed by atoms with Gasteiger partial charge in [0.05, 0.1) is 9.79 Å². The minimum absolute atomic E-state index is 0.0491. The molecule has 0 saturated heterocycles. The Labute approximate surface area is 391 Å². The maximum atomic E-state index is 12.9. The minimum Gasteiger partial charge on any atom is -0.489 e. The number of nitrogens with two attached hydrogens (primary N) is 1. The standard InChI is InChI=1S/C24H28N2O6S.C13H13NO3S.C11H17NO4/c1-5-18-15-24(18,25-22(28)32-23(2,3)4)21(27)26-33(29,30)20-13-9-12-19(14-20)31-16-17-10-7-6-8-11-17;14-18(15,16)13-8-4-7-12(9-13)17-10-11-5-2-1-3-6-11;1-5-7-6-11(7,8(13)14)12-9(15)16-10(2,3)4/h5-14,18H,1,15-16H2,2-4H3,(H,25,28)(H,26,27);1-9H,10H2,(H2,14,15,16);5,7H,1,6H2,2-4H3,(H,12,15)(H,13,14)/t18-,24-;;7-,11-/m1.1/s1. The number of carbonyl (C=O) groups is 4. The molecule has 2 saturated carbocycles. The first kappa shape index (κ1) is 52.9. The van der Waals surface area contributed by atoms with Crippen LogP contribution < -0.4 is 30.0 Å². The van der Waals surface area contributed by atoms with Crippen LogP contribution in [0.2, 0.25) is 0 Å². The van der Waals surface area contributed by atoms with Crippen LogP contribution in [0, 0.1) is 11.8 Å². The Morgan fingerprint density at radius 2 is 1.06 bits per heavy atom. The molecule has 360 valence electrons. The van der Waals surface area contributed by atoms with Gasteiger partial charge in [0, 0.05) is 24.0 Å². The zero-order chi connectivity index (χ0) is 49.8. The maximum absolute atomic E-state index is 12.9. The molecule has 2 aliphatic rings. The van der Waals surface area contributed by atoms with E-state index in [-0.39, 0.29) is 28.7 Å². The first-order valence-corrected chi connectivity index (χ1v) is 23.9. The van der Waals surface area contributed by atoms with Crippen molar-refractivity contribution in [3.8, 4) is 11.5 Å². The fraction of sp³-hybridized carbons (Fsp3) is 0.333. The van der Waals surface area contributed by atoms with E-state index in [4.69, 9.17) is 29.2 Å². The number of alkyl carbamates (subject to hydrolysis) is 2. The van der Waals surface area contributed by atoms with Gasteiger partial charge in [-0.2, -0.15) is 0 Å². The number of carbonyl (C=O) groups excluding carboxylic acids is 3. The first-order valence-electron chi connectivity index (χ1n) is 20.9. The Bertz CT molecular complexity index is 2630. The Balaban J connectivity index is 0.000000242. The van der Waals surface area contributed by atoms with Gasteiger partial charge in [-0.3, -0.25) is 4.79 Å². The lowest BCUT2D eigenvalue weighted by Crippen LogP contribution is -2.52. The number of sulfonamides is 2. The molecular weight excluding hydrogens is 905 g/mol. The third kappa shape index (κ3) is 16.0. The lowest BCUT2D eigenvalue weighted by Gasteiger charge is -2.23. The van der Waals surface area contributed by atoms with Crippen molar-refractivity contribution in [2.75, 3.05) is 0 Å². The molecule has 6 rings (SSSR count). The molecule has 67 heavy (non-hydrogen) atoms. The molecule has 2 aliphatic carbocycles. The number of aliphatic carboxylic acids is 1. The lowest BCUT2D eigenvalue weighted by atomic mass is 10.2. The van der Waals surface area contributed by atoms with Crippen LogP contribution in [0.25, 0.3) is 0 Å². The van der Waals surface area contributed by atoms with Crippen LogP contribution >= 0.6 is 0 Å². The van der Waals surface area contributed by atoms with Gasteiger partial charge in [-0.05, 0) is 89.8 Å². The smallest absolute Gasteiger partial charge is 0.408 e. The average molecular weight is 963 g/mol. The summed E-state index contributed by atoms with van der Waals surface area (Å²) in [6.45, 7) is 18.1. The normalized spacial score (nSPS) is 19.4. The number of primary sulfonamides is 1. The molecule has 0 aliphatic heterocycles. The van der Waals surface area contributed by atoms with Crippen LogP contribution in [0.1, 0.15) is 65.5 Å². The first-order chi connectivity index (χ1) is 31.2. The van der Waals surface area contributed by atoms with Crippen molar-refractivity contribution in [1.29, 1.82) is 0 Å². The van der Waals surface area contributed by atoms with Gasteiger partial charge in [0.25, 0.3) is 15.9 Å². The Morgan fingerprint density at radius 1 is 0.657 bits per heavy atom. The quantitative estimate of drug-likeness (QED) is 0.0754. The molecule has 4 atom stereocenters. The maximum Gasteiger partial charge on any atom is 0.408 e. The molecular formula is C48H58N4O13S2. The van der Waals surface area contributed by atoms with E-state index in [9.17, 15) is 36.0 Å². The van der Waals surface area contributed by atoms with Crippen LogP contribution in [-0.4, -0.2) is 68.3 Å². The Hall–Kier alpha value is -6.70. The molecule has 0 aromatic heterocycles.